The summed E-state index contributed by atoms with van der Waals surface area (Å²) in [6.07, 6.45) is 15.7. The summed E-state index contributed by atoms with van der Waals surface area (Å²) >= 11 is 0. The molecule has 0 saturated heterocycles. The van der Waals surface area contributed by atoms with Crippen LogP contribution >= 0.6 is 0 Å². The van der Waals surface area contributed by atoms with Crippen molar-refractivity contribution in [3.05, 3.63) is 131 Å². The van der Waals surface area contributed by atoms with Gasteiger partial charge in [-0.05, 0) is 69.8 Å². The van der Waals surface area contributed by atoms with E-state index in [4.69, 9.17) is 19.9 Å². The van der Waals surface area contributed by atoms with Crippen molar-refractivity contribution in [1.82, 2.24) is 19.9 Å². The van der Waals surface area contributed by atoms with Gasteiger partial charge in [0.25, 0.3) is 0 Å². The average Bonchev–Trinajstić information content (AvgIpc) is 3.89. The molecule has 8 bridgehead atoms. The Morgan fingerprint density at radius 1 is 0.467 bits per heavy atom. The zero-order valence-corrected chi connectivity index (χ0v) is 24.8. The molecule has 2 aromatic carbocycles. The van der Waals surface area contributed by atoms with Gasteiger partial charge in [-0.2, -0.15) is 0 Å². The van der Waals surface area contributed by atoms with E-state index in [1.165, 1.54) is 12.2 Å². The summed E-state index contributed by atoms with van der Waals surface area (Å²) in [5.41, 5.74) is 10.8. The number of aromatic nitrogens is 4. The molecule has 0 atom stereocenters. The Bertz CT molecular complexity index is 2050. The molecule has 0 N–H and O–H groups in total. The first-order valence-electron chi connectivity index (χ1n) is 14.1. The Hall–Kier alpha value is -5.65. The second-order valence-corrected chi connectivity index (χ2v) is 10.2. The molecule has 3 aromatic heterocycles. The first-order valence-corrected chi connectivity index (χ1v) is 14.1. The van der Waals surface area contributed by atoms with Crippen molar-refractivity contribution in [2.75, 3.05) is 0 Å². The first kappa shape index (κ1) is 29.4. The number of hydrogen-bond acceptors (Lipinski definition) is 4. The van der Waals surface area contributed by atoms with Crippen LogP contribution in [-0.2, 0) is 26.1 Å². The van der Waals surface area contributed by atoms with Crippen LogP contribution in [0.15, 0.2) is 97.1 Å². The molecule has 45 heavy (non-hydrogen) atoms. The molecular weight excluding hydrogens is 603 g/mol. The molecule has 0 unspecified atom stereocenters. The number of aldehydes is 2. The summed E-state index contributed by atoms with van der Waals surface area (Å²) in [6.45, 7) is 0. The van der Waals surface area contributed by atoms with Gasteiger partial charge in [0.2, 0.25) is 0 Å². The van der Waals surface area contributed by atoms with Crippen molar-refractivity contribution in [3.63, 3.8) is 0 Å². The molecule has 7 heteroatoms. The van der Waals surface area contributed by atoms with E-state index >= 15 is 0 Å². The number of hydrogen-bond donors (Lipinski definition) is 0. The maximum absolute atomic E-state index is 11.4. The Morgan fingerprint density at radius 2 is 0.844 bits per heavy atom. The van der Waals surface area contributed by atoms with Gasteiger partial charge in [-0.15, -0.1) is 22.1 Å². The minimum atomic E-state index is 0. The predicted molar refractivity (Wildman–Crippen MR) is 178 cm³/mol. The van der Waals surface area contributed by atoms with Crippen LogP contribution in [0.3, 0.4) is 0 Å². The minimum Gasteiger partial charge on any atom is -0.657 e. The molecule has 7 rings (SSSR count). The van der Waals surface area contributed by atoms with Crippen LogP contribution < -0.4 is 9.97 Å². The fraction of sp³-hybridized carbons (Fsp3) is 0. The van der Waals surface area contributed by atoms with Crippen LogP contribution in [0.4, 0.5) is 0 Å². The van der Waals surface area contributed by atoms with E-state index in [9.17, 15) is 9.59 Å². The predicted octanol–water partition coefficient (Wildman–Crippen LogP) is 7.67. The molecule has 2 aliphatic heterocycles. The molecule has 0 fully saturated rings. The number of nitrogens with zero attached hydrogens (tertiary/aromatic N) is 4. The largest absolute Gasteiger partial charge is 2.00 e. The fourth-order valence-electron chi connectivity index (χ4n) is 5.54. The van der Waals surface area contributed by atoms with E-state index < -0.39 is 0 Å². The third-order valence-electron chi connectivity index (χ3n) is 7.50. The Balaban J connectivity index is 0.00000357. The minimum absolute atomic E-state index is 0. The topological polar surface area (TPSA) is 88.1 Å². The fourth-order valence-corrected chi connectivity index (χ4v) is 5.54. The van der Waals surface area contributed by atoms with Gasteiger partial charge in [-0.1, -0.05) is 97.1 Å². The zero-order valence-electron chi connectivity index (χ0n) is 23.8. The summed E-state index contributed by atoms with van der Waals surface area (Å²) in [5.74, 6) is 0. The number of benzene rings is 2. The summed E-state index contributed by atoms with van der Waals surface area (Å²) in [5, 5.41) is 0. The van der Waals surface area contributed by atoms with Crippen LogP contribution in [0.25, 0.3) is 80.8 Å². The van der Waals surface area contributed by atoms with Crippen molar-refractivity contribution in [2.45, 2.75) is 0 Å². The molecule has 0 aliphatic carbocycles. The van der Waals surface area contributed by atoms with Crippen LogP contribution in [0.5, 0.6) is 0 Å². The maximum atomic E-state index is 11.4. The van der Waals surface area contributed by atoms with Crippen molar-refractivity contribution >= 4 is 71.1 Å². The van der Waals surface area contributed by atoms with Gasteiger partial charge >= 0.3 is 16.5 Å². The molecule has 0 radical (unpaired) electrons. The van der Waals surface area contributed by atoms with Gasteiger partial charge < -0.3 is 9.97 Å². The smallest absolute Gasteiger partial charge is 0.657 e. The van der Waals surface area contributed by atoms with E-state index in [0.717, 1.165) is 68.4 Å². The first-order chi connectivity index (χ1) is 21.7. The standard InChI is InChI=1S/C38H25N4O2.Ni/c43-23-7-13-27-29-15-19-33(39-29)37(25-9-3-1-4-10-25)34-20-16-30(40-34)28(14-8-24-44)32-18-22-36(42-32)38(26-11-5-2-6-12-26)35-21-17-31(27)41-35;/h1-24H,(H-,39,40,41,42,43,44);/q-1;+2/p-1. The van der Waals surface area contributed by atoms with Crippen LogP contribution in [0.1, 0.15) is 33.9 Å². The summed E-state index contributed by atoms with van der Waals surface area (Å²) in [4.78, 5) is 43.0. The van der Waals surface area contributed by atoms with E-state index in [0.29, 0.717) is 22.4 Å². The maximum Gasteiger partial charge on any atom is 2.00 e. The Morgan fingerprint density at radius 3 is 1.24 bits per heavy atom. The van der Waals surface area contributed by atoms with Gasteiger partial charge in [0.15, 0.2) is 0 Å². The third-order valence-corrected chi connectivity index (χ3v) is 7.50. The molecule has 6 nitrogen and oxygen atoms in total. The molecule has 0 saturated carbocycles. The summed E-state index contributed by atoms with van der Waals surface area (Å²) in [6, 6.07) is 27.8. The molecular formula is C38H24N4NiO2. The van der Waals surface area contributed by atoms with E-state index in [1.807, 2.05) is 109 Å². The zero-order chi connectivity index (χ0) is 29.9. The molecule has 0 amide bonds. The Kier molecular flexibility index (Phi) is 8.45. The van der Waals surface area contributed by atoms with Crippen molar-refractivity contribution in [2.24, 2.45) is 0 Å². The number of allylic oxidation sites excluding steroid dienone is 2. The SMILES string of the molecule is O=C/C=C/c1c2nc(c(-c3ccccc3)c3ccc([n-]3)c(/C=C/C=O)c3nc(c(-c4ccccc4)c4ccc1[n-]4)C=C3)C=C2.[Ni+2]. The van der Waals surface area contributed by atoms with Crippen LogP contribution in [-0.4, -0.2) is 22.5 Å². The second kappa shape index (κ2) is 12.9. The monoisotopic (exact) mass is 626 g/mol. The normalized spacial score (nSPS) is 12.1. The molecule has 5 aromatic rings. The van der Waals surface area contributed by atoms with E-state index in [1.54, 1.807) is 12.2 Å². The van der Waals surface area contributed by atoms with Crippen molar-refractivity contribution in [1.29, 1.82) is 0 Å². The van der Waals surface area contributed by atoms with Crippen molar-refractivity contribution in [3.8, 4) is 22.3 Å². The molecule has 2 aliphatic rings. The average molecular weight is 627 g/mol. The van der Waals surface area contributed by atoms with E-state index in [2.05, 4.69) is 0 Å². The van der Waals surface area contributed by atoms with Crippen LogP contribution in [0.2, 0.25) is 0 Å². The quantitative estimate of drug-likeness (QED) is 0.107. The number of carbonyl (C=O) groups excluding carboxylic acids is 2. The van der Waals surface area contributed by atoms with Crippen LogP contribution in [0, 0.1) is 0 Å². The van der Waals surface area contributed by atoms with Gasteiger partial charge in [0.05, 0.1) is 22.8 Å². The summed E-state index contributed by atoms with van der Waals surface area (Å²) < 4.78 is 0. The number of rotatable bonds is 6. The molecule has 0 spiro atoms. The van der Waals surface area contributed by atoms with Gasteiger partial charge in [0.1, 0.15) is 12.6 Å². The van der Waals surface area contributed by atoms with E-state index in [-0.39, 0.29) is 16.5 Å². The number of fused-ring (bicyclic) bond motifs is 8. The van der Waals surface area contributed by atoms with Gasteiger partial charge in [0, 0.05) is 0 Å². The summed E-state index contributed by atoms with van der Waals surface area (Å²) in [7, 11) is 0. The van der Waals surface area contributed by atoms with Gasteiger partial charge in [-0.3, -0.25) is 9.59 Å². The Labute approximate surface area is 269 Å². The van der Waals surface area contributed by atoms with Crippen molar-refractivity contribution < 1.29 is 26.1 Å². The van der Waals surface area contributed by atoms with Gasteiger partial charge in [-0.25, -0.2) is 9.97 Å². The number of carbonyl (C=O) groups is 2. The third kappa shape index (κ3) is 5.69. The molecule has 218 valence electrons. The molecule has 5 heterocycles. The second-order valence-electron chi connectivity index (χ2n) is 10.2.